The summed E-state index contributed by atoms with van der Waals surface area (Å²) in [5, 5.41) is 4.82. The van der Waals surface area contributed by atoms with Gasteiger partial charge >= 0.3 is 0 Å². The van der Waals surface area contributed by atoms with E-state index in [4.69, 9.17) is 4.98 Å². The van der Waals surface area contributed by atoms with Crippen molar-refractivity contribution in [2.45, 2.75) is 45.4 Å². The lowest BCUT2D eigenvalue weighted by molar-refractivity contribution is -0.858. The molecule has 26 heavy (non-hydrogen) atoms. The highest BCUT2D eigenvalue weighted by Crippen LogP contribution is 2.41. The second kappa shape index (κ2) is 7.45. The van der Waals surface area contributed by atoms with E-state index in [9.17, 15) is 0 Å². The zero-order chi connectivity index (χ0) is 18.1. The second-order valence-corrected chi connectivity index (χ2v) is 8.54. The molecule has 0 spiro atoms. The summed E-state index contributed by atoms with van der Waals surface area (Å²) in [7, 11) is 4.38. The molecule has 0 amide bonds. The largest absolute Gasteiger partial charge is 0.369 e. The molecule has 0 saturated heterocycles. The van der Waals surface area contributed by atoms with E-state index in [0.29, 0.717) is 0 Å². The Balaban J connectivity index is 1.76. The number of pyridine rings is 1. The molecule has 5 nitrogen and oxygen atoms in total. The third-order valence-corrected chi connectivity index (χ3v) is 6.27. The summed E-state index contributed by atoms with van der Waals surface area (Å²) in [6, 6.07) is 0. The number of hydrogen-bond donors (Lipinski definition) is 2. The lowest BCUT2D eigenvalue weighted by Crippen LogP contribution is -3.05. The molecule has 0 aliphatic heterocycles. The summed E-state index contributed by atoms with van der Waals surface area (Å²) in [6.45, 7) is 4.34. The third-order valence-electron chi connectivity index (χ3n) is 5.19. The van der Waals surface area contributed by atoms with Gasteiger partial charge in [0.15, 0.2) is 0 Å². The van der Waals surface area contributed by atoms with Crippen LogP contribution in [-0.4, -0.2) is 42.1 Å². The molecule has 2 N–H and O–H groups in total. The average molecular weight is 371 g/mol. The third kappa shape index (κ3) is 3.16. The Kier molecular flexibility index (Phi) is 5.05. The fourth-order valence-corrected chi connectivity index (χ4v) is 5.14. The van der Waals surface area contributed by atoms with E-state index in [0.717, 1.165) is 59.6 Å². The van der Waals surface area contributed by atoms with Crippen LogP contribution in [0.2, 0.25) is 0 Å². The first-order valence-corrected chi connectivity index (χ1v) is 10.6. The molecular formula is C20H28N5S+. The van der Waals surface area contributed by atoms with Gasteiger partial charge in [0, 0.05) is 24.0 Å². The summed E-state index contributed by atoms with van der Waals surface area (Å²) < 4.78 is 1.16. The Morgan fingerprint density at radius 3 is 2.85 bits per heavy atom. The van der Waals surface area contributed by atoms with Gasteiger partial charge in [-0.15, -0.1) is 11.3 Å². The molecule has 4 rings (SSSR count). The van der Waals surface area contributed by atoms with Crippen LogP contribution in [0.1, 0.15) is 43.0 Å². The summed E-state index contributed by atoms with van der Waals surface area (Å²) in [5.41, 5.74) is 5.41. The van der Waals surface area contributed by atoms with Gasteiger partial charge < -0.3 is 10.2 Å². The van der Waals surface area contributed by atoms with Gasteiger partial charge in [-0.2, -0.15) is 0 Å². The Hall–Kier alpha value is -1.79. The Labute approximate surface area is 158 Å². The fraction of sp³-hybridized carbons (Fsp3) is 0.550. The summed E-state index contributed by atoms with van der Waals surface area (Å²) in [5.74, 6) is 0.968. The number of thiophene rings is 1. The summed E-state index contributed by atoms with van der Waals surface area (Å²) in [6.07, 6.45) is 8.64. The van der Waals surface area contributed by atoms with Crippen molar-refractivity contribution >= 4 is 37.6 Å². The van der Waals surface area contributed by atoms with Crippen LogP contribution in [0.3, 0.4) is 0 Å². The minimum absolute atomic E-state index is 0.943. The van der Waals surface area contributed by atoms with E-state index in [1.807, 2.05) is 0 Å². The van der Waals surface area contributed by atoms with Crippen molar-refractivity contribution in [3.63, 3.8) is 0 Å². The number of aryl methyl sites for hydroxylation is 2. The van der Waals surface area contributed by atoms with Crippen molar-refractivity contribution in [3.8, 4) is 0 Å². The van der Waals surface area contributed by atoms with E-state index in [1.165, 1.54) is 39.9 Å². The van der Waals surface area contributed by atoms with Crippen LogP contribution in [0.5, 0.6) is 0 Å². The second-order valence-electron chi connectivity index (χ2n) is 7.54. The maximum absolute atomic E-state index is 5.05. The van der Waals surface area contributed by atoms with Crippen LogP contribution in [0.4, 0.5) is 5.82 Å². The molecule has 3 aromatic rings. The molecule has 1 aliphatic carbocycles. The number of aromatic nitrogens is 3. The van der Waals surface area contributed by atoms with Crippen LogP contribution < -0.4 is 10.2 Å². The van der Waals surface area contributed by atoms with Crippen molar-refractivity contribution in [2.24, 2.45) is 0 Å². The topological polar surface area (TPSA) is 55.1 Å². The Morgan fingerprint density at radius 1 is 1.19 bits per heavy atom. The number of rotatable bonds is 7. The standard InChI is InChI=1S/C20H27N5S/c1-4-7-15-13-8-5-9-14(13)16-17-18(26-20(16)24-15)19(23-12-22-17)21-10-6-11-25(2)3/h12H,4-11H2,1-3H3,(H,21,22,23)/p+1. The van der Waals surface area contributed by atoms with Crippen molar-refractivity contribution in [1.29, 1.82) is 0 Å². The smallest absolute Gasteiger partial charge is 0.147 e. The van der Waals surface area contributed by atoms with E-state index in [-0.39, 0.29) is 0 Å². The number of anilines is 1. The molecule has 0 atom stereocenters. The van der Waals surface area contributed by atoms with Gasteiger partial charge in [0.1, 0.15) is 17.0 Å². The summed E-state index contributed by atoms with van der Waals surface area (Å²) >= 11 is 1.75. The van der Waals surface area contributed by atoms with Gasteiger partial charge in [0.2, 0.25) is 0 Å². The highest BCUT2D eigenvalue weighted by atomic mass is 32.1. The van der Waals surface area contributed by atoms with Crippen LogP contribution in [-0.2, 0) is 19.3 Å². The number of hydrogen-bond acceptors (Lipinski definition) is 5. The van der Waals surface area contributed by atoms with Gasteiger partial charge in [-0.05, 0) is 36.8 Å². The number of quaternary nitrogens is 1. The molecule has 0 saturated carbocycles. The minimum atomic E-state index is 0.943. The zero-order valence-corrected chi connectivity index (χ0v) is 16.8. The van der Waals surface area contributed by atoms with Crippen molar-refractivity contribution < 1.29 is 4.90 Å². The van der Waals surface area contributed by atoms with Crippen molar-refractivity contribution in [1.82, 2.24) is 15.0 Å². The van der Waals surface area contributed by atoms with Crippen LogP contribution in [0.15, 0.2) is 6.33 Å². The maximum Gasteiger partial charge on any atom is 0.147 e. The van der Waals surface area contributed by atoms with Gasteiger partial charge in [-0.25, -0.2) is 15.0 Å². The lowest BCUT2D eigenvalue weighted by Gasteiger charge is -2.09. The minimum Gasteiger partial charge on any atom is -0.369 e. The fourth-order valence-electron chi connectivity index (χ4n) is 3.99. The average Bonchev–Trinajstić information content (AvgIpc) is 3.23. The molecule has 0 aromatic carbocycles. The highest BCUT2D eigenvalue weighted by molar-refractivity contribution is 7.26. The monoisotopic (exact) mass is 370 g/mol. The van der Waals surface area contributed by atoms with Crippen LogP contribution in [0, 0.1) is 0 Å². The molecule has 0 unspecified atom stereocenters. The zero-order valence-electron chi connectivity index (χ0n) is 16.0. The van der Waals surface area contributed by atoms with Crippen LogP contribution in [0.25, 0.3) is 20.4 Å². The summed E-state index contributed by atoms with van der Waals surface area (Å²) in [4.78, 5) is 16.9. The highest BCUT2D eigenvalue weighted by Gasteiger charge is 2.23. The Morgan fingerprint density at radius 2 is 2.04 bits per heavy atom. The molecule has 0 radical (unpaired) electrons. The molecule has 3 heterocycles. The number of nitrogens with one attached hydrogen (secondary N) is 2. The molecule has 0 bridgehead atoms. The molecular weight excluding hydrogens is 342 g/mol. The quantitative estimate of drug-likeness (QED) is 0.628. The predicted molar refractivity (Wildman–Crippen MR) is 110 cm³/mol. The van der Waals surface area contributed by atoms with E-state index >= 15 is 0 Å². The first-order chi connectivity index (χ1) is 12.7. The normalized spacial score (nSPS) is 13.8. The van der Waals surface area contributed by atoms with Gasteiger partial charge in [0.05, 0.1) is 30.9 Å². The molecule has 3 aromatic heterocycles. The lowest BCUT2D eigenvalue weighted by atomic mass is 10.0. The Bertz CT molecular complexity index is 931. The van der Waals surface area contributed by atoms with Crippen molar-refractivity contribution in [3.05, 3.63) is 23.1 Å². The van der Waals surface area contributed by atoms with Gasteiger partial charge in [0.25, 0.3) is 0 Å². The van der Waals surface area contributed by atoms with Gasteiger partial charge in [-0.1, -0.05) is 13.3 Å². The number of fused-ring (bicyclic) bond motifs is 5. The van der Waals surface area contributed by atoms with E-state index in [2.05, 4.69) is 36.3 Å². The molecule has 0 fully saturated rings. The SMILES string of the molecule is CCCc1nc2sc3c(NCCC[NH+](C)C)ncnc3c2c2c1CCC2. The molecule has 138 valence electrons. The van der Waals surface area contributed by atoms with Gasteiger partial charge in [-0.3, -0.25) is 0 Å². The number of nitrogens with zero attached hydrogens (tertiary/aromatic N) is 3. The van der Waals surface area contributed by atoms with Crippen molar-refractivity contribution in [2.75, 3.05) is 32.5 Å². The van der Waals surface area contributed by atoms with Crippen LogP contribution >= 0.6 is 11.3 Å². The first-order valence-electron chi connectivity index (χ1n) is 9.79. The first kappa shape index (κ1) is 17.6. The maximum atomic E-state index is 5.05. The molecule has 1 aliphatic rings. The predicted octanol–water partition coefficient (Wildman–Crippen LogP) is 2.63. The van der Waals surface area contributed by atoms with E-state index < -0.39 is 0 Å². The molecule has 6 heteroatoms. The van der Waals surface area contributed by atoms with E-state index in [1.54, 1.807) is 17.7 Å².